The Morgan fingerprint density at radius 2 is 1.33 bits per heavy atom. The van der Waals surface area contributed by atoms with E-state index in [9.17, 15) is 0 Å². The van der Waals surface area contributed by atoms with Crippen molar-refractivity contribution in [2.24, 2.45) is 10.9 Å². The SMILES string of the molecule is CCCCC(CC)Cn1c2ccc(C=N)cc2c2cc(C=Nc3ccc(N(c4ccc(C)cc4)c4ccc(N)cc4)cc3)ccc21. The highest BCUT2D eigenvalue weighted by Crippen LogP contribution is 2.36. The number of nitrogens with two attached hydrogens (primary N) is 1. The Morgan fingerprint density at radius 1 is 0.761 bits per heavy atom. The Balaban J connectivity index is 1.31. The number of rotatable bonds is 12. The van der Waals surface area contributed by atoms with E-state index < -0.39 is 0 Å². The van der Waals surface area contributed by atoms with Crippen LogP contribution in [0, 0.1) is 18.3 Å². The number of aliphatic imine (C=N–C) groups is 1. The summed E-state index contributed by atoms with van der Waals surface area (Å²) in [5.74, 6) is 0.646. The summed E-state index contributed by atoms with van der Waals surface area (Å²) in [4.78, 5) is 7.09. The molecule has 1 heterocycles. The molecule has 0 aliphatic carbocycles. The summed E-state index contributed by atoms with van der Waals surface area (Å²) in [7, 11) is 0. The zero-order valence-corrected chi connectivity index (χ0v) is 27.1. The number of nitrogens with zero attached hydrogens (tertiary/aromatic N) is 3. The van der Waals surface area contributed by atoms with Gasteiger partial charge in [-0.15, -0.1) is 0 Å². The molecule has 0 radical (unpaired) electrons. The van der Waals surface area contributed by atoms with Crippen LogP contribution in [-0.2, 0) is 6.54 Å². The second-order valence-electron chi connectivity index (χ2n) is 12.3. The van der Waals surface area contributed by atoms with Crippen LogP contribution in [0.5, 0.6) is 0 Å². The van der Waals surface area contributed by atoms with Crippen LogP contribution in [0.2, 0.25) is 0 Å². The summed E-state index contributed by atoms with van der Waals surface area (Å²) in [6.45, 7) is 7.69. The number of fused-ring (bicyclic) bond motifs is 3. The van der Waals surface area contributed by atoms with E-state index in [1.54, 1.807) is 0 Å². The predicted molar refractivity (Wildman–Crippen MR) is 198 cm³/mol. The number of unbranched alkanes of at least 4 members (excludes halogenated alkanes) is 1. The summed E-state index contributed by atoms with van der Waals surface area (Å²) >= 11 is 0. The molecule has 1 aromatic heterocycles. The second-order valence-corrected chi connectivity index (χ2v) is 12.3. The first-order chi connectivity index (χ1) is 22.5. The molecule has 232 valence electrons. The number of benzene rings is 5. The third-order valence-electron chi connectivity index (χ3n) is 8.98. The van der Waals surface area contributed by atoms with Gasteiger partial charge in [-0.1, -0.05) is 62.9 Å². The Labute approximate surface area is 272 Å². The lowest BCUT2D eigenvalue weighted by Gasteiger charge is -2.25. The first-order valence-electron chi connectivity index (χ1n) is 16.4. The van der Waals surface area contributed by atoms with Crippen LogP contribution in [0.25, 0.3) is 21.8 Å². The van der Waals surface area contributed by atoms with Crippen molar-refractivity contribution in [3.05, 3.63) is 126 Å². The van der Waals surface area contributed by atoms with Gasteiger partial charge in [0.25, 0.3) is 0 Å². The van der Waals surface area contributed by atoms with E-state index in [0.717, 1.165) is 46.1 Å². The molecule has 0 aliphatic rings. The number of anilines is 4. The van der Waals surface area contributed by atoms with Gasteiger partial charge in [-0.3, -0.25) is 4.99 Å². The highest BCUT2D eigenvalue weighted by Gasteiger charge is 2.16. The van der Waals surface area contributed by atoms with Crippen LogP contribution in [-0.4, -0.2) is 17.0 Å². The number of nitrogen functional groups attached to an aromatic ring is 1. The molecule has 5 nitrogen and oxygen atoms in total. The maximum Gasteiger partial charge on any atom is 0.0631 e. The van der Waals surface area contributed by atoms with Gasteiger partial charge < -0.3 is 20.6 Å². The van der Waals surface area contributed by atoms with E-state index >= 15 is 0 Å². The van der Waals surface area contributed by atoms with Crippen molar-refractivity contribution in [2.75, 3.05) is 10.6 Å². The number of aryl methyl sites for hydroxylation is 1. The van der Waals surface area contributed by atoms with Crippen LogP contribution in [0.3, 0.4) is 0 Å². The minimum Gasteiger partial charge on any atom is -0.399 e. The standard InChI is InChI=1S/C41H43N5/c1-4-6-7-30(5-2)28-45-40-22-10-31(26-42)24-38(40)39-25-32(11-23-41(39)45)27-44-34-14-20-37(21-15-34)46(35-16-8-29(3)9-17-35)36-18-12-33(43)13-19-36/h8-27,30,42H,4-7,28,43H2,1-3H3. The van der Waals surface area contributed by atoms with Gasteiger partial charge in [-0.2, -0.15) is 0 Å². The smallest absolute Gasteiger partial charge is 0.0631 e. The summed E-state index contributed by atoms with van der Waals surface area (Å²) in [6.07, 6.45) is 8.30. The van der Waals surface area contributed by atoms with Crippen LogP contribution in [0.15, 0.2) is 114 Å². The zero-order valence-electron chi connectivity index (χ0n) is 27.1. The summed E-state index contributed by atoms with van der Waals surface area (Å²) in [5.41, 5.74) is 16.5. The fourth-order valence-corrected chi connectivity index (χ4v) is 6.28. The molecule has 46 heavy (non-hydrogen) atoms. The molecule has 3 N–H and O–H groups in total. The highest BCUT2D eigenvalue weighted by atomic mass is 15.1. The number of hydrogen-bond acceptors (Lipinski definition) is 4. The van der Waals surface area contributed by atoms with Gasteiger partial charge >= 0.3 is 0 Å². The summed E-state index contributed by atoms with van der Waals surface area (Å²) in [6, 6.07) is 37.9. The lowest BCUT2D eigenvalue weighted by molar-refractivity contribution is 0.401. The predicted octanol–water partition coefficient (Wildman–Crippen LogP) is 11.1. The van der Waals surface area contributed by atoms with Gasteiger partial charge in [0.2, 0.25) is 0 Å². The quantitative estimate of drug-likeness (QED) is 0.108. The molecule has 0 fully saturated rings. The second kappa shape index (κ2) is 13.9. The van der Waals surface area contributed by atoms with Gasteiger partial charge in [0.15, 0.2) is 0 Å². The van der Waals surface area contributed by atoms with Gasteiger partial charge in [-0.05, 0) is 115 Å². The van der Waals surface area contributed by atoms with Crippen LogP contribution in [0.1, 0.15) is 56.2 Å². The number of aromatic nitrogens is 1. The Hall–Kier alpha value is -5.16. The van der Waals surface area contributed by atoms with E-state index in [4.69, 9.17) is 16.1 Å². The molecular formula is C41H43N5. The first kappa shape index (κ1) is 30.8. The van der Waals surface area contributed by atoms with Crippen LogP contribution >= 0.6 is 0 Å². The molecule has 0 amide bonds. The Kier molecular flexibility index (Phi) is 9.30. The molecule has 5 heteroatoms. The van der Waals surface area contributed by atoms with Crippen molar-refractivity contribution in [2.45, 2.75) is 53.0 Å². The molecule has 0 bridgehead atoms. The highest BCUT2D eigenvalue weighted by molar-refractivity contribution is 6.10. The maximum absolute atomic E-state index is 7.85. The van der Waals surface area contributed by atoms with Gasteiger partial charge in [-0.25, -0.2) is 0 Å². The van der Waals surface area contributed by atoms with Crippen molar-refractivity contribution in [3.63, 3.8) is 0 Å². The zero-order chi connectivity index (χ0) is 32.0. The molecule has 1 atom stereocenters. The minimum absolute atomic E-state index is 0.646. The molecule has 0 spiro atoms. The maximum atomic E-state index is 7.85. The van der Waals surface area contributed by atoms with Crippen molar-refractivity contribution in [1.82, 2.24) is 4.57 Å². The lowest BCUT2D eigenvalue weighted by atomic mass is 9.99. The Bertz CT molecular complexity index is 1920. The van der Waals surface area contributed by atoms with Gasteiger partial charge in [0, 0.05) is 63.5 Å². The Morgan fingerprint density at radius 3 is 1.91 bits per heavy atom. The largest absolute Gasteiger partial charge is 0.399 e. The molecule has 6 rings (SSSR count). The van der Waals surface area contributed by atoms with Gasteiger partial charge in [0.05, 0.1) is 5.69 Å². The molecule has 0 saturated heterocycles. The topological polar surface area (TPSA) is 70.4 Å². The fraction of sp³-hybridized carbons (Fsp3) is 0.220. The molecule has 5 aromatic carbocycles. The minimum atomic E-state index is 0.646. The van der Waals surface area contributed by atoms with Crippen molar-refractivity contribution in [1.29, 1.82) is 5.41 Å². The number of nitrogens with one attached hydrogen (secondary N) is 1. The average molecular weight is 606 g/mol. The number of hydrogen-bond donors (Lipinski definition) is 2. The third-order valence-corrected chi connectivity index (χ3v) is 8.98. The van der Waals surface area contributed by atoms with Gasteiger partial charge in [0.1, 0.15) is 0 Å². The van der Waals surface area contributed by atoms with Crippen molar-refractivity contribution >= 4 is 62.7 Å². The van der Waals surface area contributed by atoms with Crippen molar-refractivity contribution < 1.29 is 0 Å². The molecule has 0 saturated carbocycles. The van der Waals surface area contributed by atoms with E-state index in [0.29, 0.717) is 5.92 Å². The monoisotopic (exact) mass is 605 g/mol. The fourth-order valence-electron chi connectivity index (χ4n) is 6.28. The molecular weight excluding hydrogens is 562 g/mol. The van der Waals surface area contributed by atoms with E-state index in [2.05, 4.69) is 115 Å². The molecule has 6 aromatic rings. The molecule has 1 unspecified atom stereocenters. The first-order valence-corrected chi connectivity index (χ1v) is 16.4. The lowest BCUT2D eigenvalue weighted by Crippen LogP contribution is -2.10. The molecule has 0 aliphatic heterocycles. The third kappa shape index (κ3) is 6.59. The van der Waals surface area contributed by atoms with E-state index in [1.165, 1.54) is 59.3 Å². The van der Waals surface area contributed by atoms with E-state index in [1.807, 2.05) is 30.5 Å². The van der Waals surface area contributed by atoms with Crippen LogP contribution < -0.4 is 10.6 Å². The van der Waals surface area contributed by atoms with Crippen molar-refractivity contribution in [3.8, 4) is 0 Å². The summed E-state index contributed by atoms with van der Waals surface area (Å²) in [5, 5.41) is 10.3. The average Bonchev–Trinajstić information content (AvgIpc) is 3.39. The normalized spacial score (nSPS) is 12.2. The van der Waals surface area contributed by atoms with Crippen LogP contribution in [0.4, 0.5) is 28.4 Å². The van der Waals surface area contributed by atoms with E-state index in [-0.39, 0.29) is 0 Å². The summed E-state index contributed by atoms with van der Waals surface area (Å²) < 4.78 is 2.49.